The van der Waals surface area contributed by atoms with E-state index in [1.807, 2.05) is 0 Å². The first-order valence-electron chi connectivity index (χ1n) is 0.667. The summed E-state index contributed by atoms with van der Waals surface area (Å²) in [5, 5.41) is 0. The van der Waals surface area contributed by atoms with Crippen molar-refractivity contribution in [2.24, 2.45) is 0 Å². The van der Waals surface area contributed by atoms with Crippen LogP contribution in [-0.4, -0.2) is 32.9 Å². The van der Waals surface area contributed by atoms with Crippen LogP contribution in [0.1, 0.15) is 0 Å². The number of hydrogen-bond acceptors (Lipinski definition) is 4. The molecule has 0 aliphatic heterocycles. The Kier molecular flexibility index (Phi) is 377. The van der Waals surface area contributed by atoms with E-state index in [0.29, 0.717) is 0 Å². The van der Waals surface area contributed by atoms with E-state index < -0.39 is 16.7 Å². The van der Waals surface area contributed by atoms with Gasteiger partial charge in [0, 0.05) is 0 Å². The third-order valence-corrected chi connectivity index (χ3v) is 0. The van der Waals surface area contributed by atoms with Crippen LogP contribution in [0.5, 0.6) is 0 Å². The van der Waals surface area contributed by atoms with Crippen molar-refractivity contribution in [3.63, 3.8) is 0 Å². The third kappa shape index (κ3) is 93200. The molecule has 0 aromatic heterocycles. The molecule has 20 N–H and O–H groups in total. The van der Waals surface area contributed by atoms with Crippen LogP contribution >= 0.6 is 0 Å². The first-order valence-corrected chi connectivity index (χ1v) is 5.46. The van der Waals surface area contributed by atoms with Gasteiger partial charge in [0.1, 0.15) is 0 Å². The summed E-state index contributed by atoms with van der Waals surface area (Å²) in [6.07, 6.45) is 0. The maximum atomic E-state index is 8.65. The zero-order chi connectivity index (χ0) is 4.50. The van der Waals surface area contributed by atoms with Gasteiger partial charge in [-0.25, -0.2) is 0 Å². The van der Waals surface area contributed by atoms with Crippen molar-refractivity contribution < 1.29 is 63.9 Å². The van der Waals surface area contributed by atoms with Gasteiger partial charge in [-0.05, 0) is 0 Å². The van der Waals surface area contributed by atoms with Crippen molar-refractivity contribution in [1.29, 1.82) is 0 Å². The molecule has 0 heterocycles. The van der Waals surface area contributed by atoms with Gasteiger partial charge in [0.05, 0.1) is 0 Å². The maximum absolute atomic E-state index is 8.65. The molecule has 0 aromatic carbocycles. The van der Waals surface area contributed by atoms with Crippen molar-refractivity contribution in [3.05, 3.63) is 0 Å². The Hall–Kier alpha value is -0.112. The van der Waals surface area contributed by atoms with Gasteiger partial charge in [-0.2, -0.15) is 0 Å². The molecule has 0 amide bonds. The molecule has 0 atom stereocenters. The van der Waals surface area contributed by atoms with Crippen LogP contribution in [0.15, 0.2) is 0 Å². The van der Waals surface area contributed by atoms with E-state index in [1.54, 1.807) is 0 Å². The van der Waals surface area contributed by atoms with Crippen LogP contribution in [-0.2, 0) is 23.5 Å². The standard InChI is InChI=1S/2H3N.6H2O.4O.W/h2*1H3;6*1H2;;;;;/q;;;;;;;;;;2*-1;/p+2. The second-order valence-corrected chi connectivity index (χ2v) is 3.34. The molecule has 96 valence electrons. The van der Waals surface area contributed by atoms with E-state index in [9.17, 15) is 0 Å². The van der Waals surface area contributed by atoms with Crippen LogP contribution in [0.4, 0.5) is 0 Å². The molecule has 0 saturated carbocycles. The minimum absolute atomic E-state index is 0. The van der Waals surface area contributed by atoms with Crippen LogP contribution in [0.25, 0.3) is 0 Å². The Labute approximate surface area is 76.9 Å². The second kappa shape index (κ2) is 40.6. The first kappa shape index (κ1) is 120. The molecule has 0 radical (unpaired) electrons. The fourth-order valence-corrected chi connectivity index (χ4v) is 0. The molecular formula is H20N2O10W. The molecular weight excluding hydrogens is 372 g/mol. The van der Waals surface area contributed by atoms with Crippen molar-refractivity contribution in [2.45, 2.75) is 0 Å². The van der Waals surface area contributed by atoms with E-state index in [1.165, 1.54) is 0 Å². The predicted molar refractivity (Wildman–Crippen MR) is 35.0 cm³/mol. The van der Waals surface area contributed by atoms with E-state index >= 15 is 0 Å². The Bertz CT molecular complexity index is 96.1. The molecule has 0 rings (SSSR count). The fourth-order valence-electron chi connectivity index (χ4n) is 0. The summed E-state index contributed by atoms with van der Waals surface area (Å²) in [5.41, 5.74) is 0. The van der Waals surface area contributed by atoms with Crippen LogP contribution in [0, 0.1) is 0 Å². The molecule has 0 spiro atoms. The van der Waals surface area contributed by atoms with Crippen LogP contribution < -0.4 is 19.8 Å². The van der Waals surface area contributed by atoms with Gasteiger partial charge in [-0.3, -0.25) is 0 Å². The molecule has 13 heavy (non-hydrogen) atoms. The topological polar surface area (TPSA) is 342 Å². The van der Waals surface area contributed by atoms with E-state index in [0.717, 1.165) is 0 Å². The van der Waals surface area contributed by atoms with Gasteiger partial charge in [0.25, 0.3) is 0 Å². The van der Waals surface area contributed by atoms with Gasteiger partial charge in [-0.1, -0.05) is 0 Å². The van der Waals surface area contributed by atoms with Crippen molar-refractivity contribution >= 4 is 0 Å². The Morgan fingerprint density at radius 2 is 0.615 bits per heavy atom. The summed E-state index contributed by atoms with van der Waals surface area (Å²) >= 11 is -6.17. The van der Waals surface area contributed by atoms with E-state index in [4.69, 9.17) is 14.3 Å². The molecule has 13 heteroatoms. The SMILES string of the molecule is O.O.O.O.O.O.[NH4+].[NH4+].[O]=[W](=[O])([O-])[O-]. The van der Waals surface area contributed by atoms with Crippen LogP contribution in [0.3, 0.4) is 0 Å². The van der Waals surface area contributed by atoms with Crippen molar-refractivity contribution in [1.82, 2.24) is 12.3 Å². The van der Waals surface area contributed by atoms with Gasteiger partial charge < -0.3 is 45.2 Å². The molecule has 0 aromatic rings. The normalized spacial score (nSPS) is 4.46. The van der Waals surface area contributed by atoms with Crippen molar-refractivity contribution in [2.75, 3.05) is 0 Å². The second-order valence-electron chi connectivity index (χ2n) is 0.408. The quantitative estimate of drug-likeness (QED) is 0.405. The third-order valence-electron chi connectivity index (χ3n) is 0. The summed E-state index contributed by atoms with van der Waals surface area (Å²) in [7, 11) is 0. The van der Waals surface area contributed by atoms with Crippen LogP contribution in [0.2, 0.25) is 0 Å². The van der Waals surface area contributed by atoms with E-state index in [2.05, 4.69) is 0 Å². The minimum atomic E-state index is -6.17. The average Bonchev–Trinajstić information content (AvgIpc) is 0.722. The predicted octanol–water partition coefficient (Wildman–Crippen LogP) is -6.81. The van der Waals surface area contributed by atoms with Crippen molar-refractivity contribution in [3.8, 4) is 0 Å². The van der Waals surface area contributed by atoms with Gasteiger partial charge >= 0.3 is 31.1 Å². The number of quaternary nitrogens is 2. The summed E-state index contributed by atoms with van der Waals surface area (Å²) in [5.74, 6) is 0. The van der Waals surface area contributed by atoms with Gasteiger partial charge in [0.15, 0.2) is 0 Å². The zero-order valence-electron chi connectivity index (χ0n) is 7.04. The molecule has 0 aliphatic carbocycles. The molecule has 12 nitrogen and oxygen atoms in total. The summed E-state index contributed by atoms with van der Waals surface area (Å²) in [6, 6.07) is 0. The summed E-state index contributed by atoms with van der Waals surface area (Å²) < 4.78 is 34.6. The Morgan fingerprint density at radius 1 is 0.615 bits per heavy atom. The summed E-state index contributed by atoms with van der Waals surface area (Å²) in [6.45, 7) is 0. The molecule has 0 saturated heterocycles. The number of rotatable bonds is 0. The molecule has 0 unspecified atom stereocenters. The van der Waals surface area contributed by atoms with Gasteiger partial charge in [0.2, 0.25) is 0 Å². The number of hydrogen-bond donors (Lipinski definition) is 2. The van der Waals surface area contributed by atoms with Gasteiger partial charge in [-0.15, -0.1) is 0 Å². The summed E-state index contributed by atoms with van der Waals surface area (Å²) in [4.78, 5) is 0. The molecule has 0 aliphatic rings. The average molecular weight is 392 g/mol. The fraction of sp³-hybridized carbons (Fsp3) is 0. The Morgan fingerprint density at radius 3 is 0.615 bits per heavy atom. The molecule has 0 bridgehead atoms. The first-order chi connectivity index (χ1) is 2.00. The zero-order valence-corrected chi connectivity index (χ0v) is 9.97. The Balaban J connectivity index is -0.00000000286. The van der Waals surface area contributed by atoms with E-state index in [-0.39, 0.29) is 45.2 Å². The molecule has 0 fully saturated rings. The monoisotopic (exact) mass is 392 g/mol.